The van der Waals surface area contributed by atoms with E-state index in [1.807, 2.05) is 24.4 Å². The predicted molar refractivity (Wildman–Crippen MR) is 118 cm³/mol. The molecule has 0 atom stereocenters. The number of aromatic nitrogens is 2. The van der Waals surface area contributed by atoms with Crippen LogP contribution in [0, 0.1) is 5.82 Å². The second-order valence-corrected chi connectivity index (χ2v) is 8.34. The first-order valence-corrected chi connectivity index (χ1v) is 10.8. The Kier molecular flexibility index (Phi) is 5.49. The molecule has 0 radical (unpaired) electrons. The molecule has 4 aromatic rings. The molecule has 0 saturated carbocycles. The number of aromatic carboxylic acids is 1. The fourth-order valence-corrected chi connectivity index (χ4v) is 4.66. The normalized spacial score (nSPS) is 15.4. The third-order valence-corrected chi connectivity index (χ3v) is 6.27. The number of likely N-dealkylation sites (tertiary alicyclic amines) is 1. The Balaban J connectivity index is 1.30. The Bertz CT molecular complexity index is 1240. The van der Waals surface area contributed by atoms with Gasteiger partial charge in [-0.1, -0.05) is 6.07 Å². The van der Waals surface area contributed by atoms with Crippen LogP contribution < -0.4 is 0 Å². The lowest BCUT2D eigenvalue weighted by Gasteiger charge is -2.32. The Morgan fingerprint density at radius 3 is 2.75 bits per heavy atom. The van der Waals surface area contributed by atoms with Gasteiger partial charge in [0.2, 0.25) is 0 Å². The highest BCUT2D eigenvalue weighted by Gasteiger charge is 2.24. The number of piperidine rings is 1. The van der Waals surface area contributed by atoms with Crippen molar-refractivity contribution < 1.29 is 18.7 Å². The molecule has 1 aromatic carbocycles. The summed E-state index contributed by atoms with van der Waals surface area (Å²) in [6.45, 7) is 3.07. The van der Waals surface area contributed by atoms with Gasteiger partial charge in [0.1, 0.15) is 17.2 Å². The van der Waals surface area contributed by atoms with Gasteiger partial charge in [-0.05, 0) is 79.4 Å². The molecule has 6 nitrogen and oxygen atoms in total. The van der Waals surface area contributed by atoms with Gasteiger partial charge in [0, 0.05) is 24.3 Å². The smallest absolute Gasteiger partial charge is 0.338 e. The largest absolute Gasteiger partial charge is 0.478 e. The van der Waals surface area contributed by atoms with Gasteiger partial charge in [0.15, 0.2) is 0 Å². The first-order chi connectivity index (χ1) is 15.6. The van der Waals surface area contributed by atoms with Gasteiger partial charge in [-0.15, -0.1) is 0 Å². The lowest BCUT2D eigenvalue weighted by atomic mass is 9.89. The van der Waals surface area contributed by atoms with Crippen LogP contribution >= 0.6 is 0 Å². The van der Waals surface area contributed by atoms with Crippen LogP contribution in [-0.4, -0.2) is 38.6 Å². The highest BCUT2D eigenvalue weighted by molar-refractivity contribution is 5.88. The Morgan fingerprint density at radius 1 is 1.16 bits per heavy atom. The van der Waals surface area contributed by atoms with Gasteiger partial charge < -0.3 is 14.1 Å². The Morgan fingerprint density at radius 2 is 2.00 bits per heavy atom. The van der Waals surface area contributed by atoms with Crippen molar-refractivity contribution in [3.63, 3.8) is 0 Å². The number of pyridine rings is 1. The molecule has 1 saturated heterocycles. The van der Waals surface area contributed by atoms with Gasteiger partial charge >= 0.3 is 5.97 Å². The van der Waals surface area contributed by atoms with Crippen molar-refractivity contribution in [2.24, 2.45) is 0 Å². The zero-order chi connectivity index (χ0) is 22.1. The van der Waals surface area contributed by atoms with Gasteiger partial charge in [0.25, 0.3) is 0 Å². The number of hydrogen-bond acceptors (Lipinski definition) is 4. The van der Waals surface area contributed by atoms with Crippen LogP contribution in [-0.2, 0) is 13.1 Å². The lowest BCUT2D eigenvalue weighted by molar-refractivity contribution is 0.0691. The van der Waals surface area contributed by atoms with E-state index in [0.29, 0.717) is 19.0 Å². The maximum atomic E-state index is 13.7. The number of benzene rings is 1. The molecule has 0 unspecified atom stereocenters. The van der Waals surface area contributed by atoms with Crippen LogP contribution in [0.3, 0.4) is 0 Å². The molecular formula is C25H24FN3O3. The number of rotatable bonds is 6. The number of fused-ring (bicyclic) bond motifs is 1. The van der Waals surface area contributed by atoms with E-state index in [4.69, 9.17) is 9.52 Å². The minimum atomic E-state index is -1.23. The summed E-state index contributed by atoms with van der Waals surface area (Å²) >= 11 is 0. The number of furan rings is 1. The fraction of sp³-hybridized carbons (Fsp3) is 0.280. The average molecular weight is 433 g/mol. The molecule has 1 fully saturated rings. The van der Waals surface area contributed by atoms with Crippen molar-refractivity contribution in [1.82, 2.24) is 14.5 Å². The quantitative estimate of drug-likeness (QED) is 0.469. The van der Waals surface area contributed by atoms with Crippen LogP contribution in [0.4, 0.5) is 4.39 Å². The van der Waals surface area contributed by atoms with Crippen molar-refractivity contribution >= 4 is 17.0 Å². The average Bonchev–Trinajstić information content (AvgIpc) is 3.44. The van der Waals surface area contributed by atoms with Crippen LogP contribution in [0.15, 0.2) is 65.5 Å². The van der Waals surface area contributed by atoms with E-state index in [-0.39, 0.29) is 5.56 Å². The van der Waals surface area contributed by atoms with Crippen molar-refractivity contribution in [2.45, 2.75) is 31.8 Å². The van der Waals surface area contributed by atoms with Crippen molar-refractivity contribution in [1.29, 1.82) is 0 Å². The molecule has 0 spiro atoms. The first-order valence-electron chi connectivity index (χ1n) is 10.8. The van der Waals surface area contributed by atoms with E-state index in [9.17, 15) is 9.18 Å². The fourth-order valence-electron chi connectivity index (χ4n) is 4.66. The molecule has 5 rings (SSSR count). The third-order valence-electron chi connectivity index (χ3n) is 6.27. The highest BCUT2D eigenvalue weighted by atomic mass is 19.1. The predicted octanol–water partition coefficient (Wildman–Crippen LogP) is 4.89. The summed E-state index contributed by atoms with van der Waals surface area (Å²) in [5, 5.41) is 10.3. The van der Waals surface area contributed by atoms with Crippen LogP contribution in [0.1, 0.15) is 46.0 Å². The molecule has 4 heterocycles. The topological polar surface area (TPSA) is 71.5 Å². The van der Waals surface area contributed by atoms with E-state index in [0.717, 1.165) is 42.9 Å². The molecule has 1 aliphatic heterocycles. The molecule has 32 heavy (non-hydrogen) atoms. The number of carboxylic acids is 1. The van der Waals surface area contributed by atoms with E-state index in [1.165, 1.54) is 23.1 Å². The van der Waals surface area contributed by atoms with Gasteiger partial charge in [-0.2, -0.15) is 0 Å². The maximum absolute atomic E-state index is 13.7. The zero-order valence-corrected chi connectivity index (χ0v) is 17.6. The number of halogens is 1. The van der Waals surface area contributed by atoms with Crippen molar-refractivity contribution in [3.05, 3.63) is 89.4 Å². The van der Waals surface area contributed by atoms with E-state index < -0.39 is 11.8 Å². The SMILES string of the molecule is O=C(O)c1cc(CN2CCC(c3cn(Cc4ccco4)c4ncccc34)CC2)ccc1F. The number of carboxylic acid groups (broad SMARTS) is 1. The molecular weight excluding hydrogens is 409 g/mol. The van der Waals surface area contributed by atoms with E-state index >= 15 is 0 Å². The van der Waals surface area contributed by atoms with Crippen LogP contribution in [0.25, 0.3) is 11.0 Å². The standard InChI is InChI=1S/C25H24FN3O3/c26-23-6-5-17(13-21(23)25(30)31)14-28-10-7-18(8-11-28)22-16-29(15-19-3-2-12-32-19)24-20(22)4-1-9-27-24/h1-6,9,12-13,16,18H,7-8,10-11,14-15H2,(H,30,31). The van der Waals surface area contributed by atoms with Crippen LogP contribution in [0.2, 0.25) is 0 Å². The molecule has 1 aliphatic rings. The number of carbonyl (C=O) groups is 1. The monoisotopic (exact) mass is 433 g/mol. The summed E-state index contributed by atoms with van der Waals surface area (Å²) < 4.78 is 21.4. The summed E-state index contributed by atoms with van der Waals surface area (Å²) in [6.07, 6.45) is 7.72. The summed E-state index contributed by atoms with van der Waals surface area (Å²) in [4.78, 5) is 18.1. The van der Waals surface area contributed by atoms with Crippen LogP contribution in [0.5, 0.6) is 0 Å². The summed E-state index contributed by atoms with van der Waals surface area (Å²) in [5.74, 6) is -0.602. The van der Waals surface area contributed by atoms with Crippen molar-refractivity contribution in [3.8, 4) is 0 Å². The molecule has 0 amide bonds. The highest BCUT2D eigenvalue weighted by Crippen LogP contribution is 2.34. The zero-order valence-electron chi connectivity index (χ0n) is 17.6. The molecule has 0 bridgehead atoms. The maximum Gasteiger partial charge on any atom is 0.338 e. The number of hydrogen-bond donors (Lipinski definition) is 1. The summed E-state index contributed by atoms with van der Waals surface area (Å²) in [7, 11) is 0. The minimum absolute atomic E-state index is 0.269. The Hall–Kier alpha value is -3.45. The molecule has 1 N–H and O–H groups in total. The van der Waals surface area contributed by atoms with Crippen molar-refractivity contribution in [2.75, 3.05) is 13.1 Å². The van der Waals surface area contributed by atoms with E-state index in [1.54, 1.807) is 12.3 Å². The molecule has 7 heteroatoms. The summed E-state index contributed by atoms with van der Waals surface area (Å²) in [6, 6.07) is 12.3. The van der Waals surface area contributed by atoms with Gasteiger partial charge in [-0.3, -0.25) is 4.90 Å². The Labute approximate surface area is 184 Å². The van der Waals surface area contributed by atoms with Gasteiger partial charge in [0.05, 0.1) is 18.4 Å². The minimum Gasteiger partial charge on any atom is -0.478 e. The lowest BCUT2D eigenvalue weighted by Crippen LogP contribution is -2.32. The first kappa shape index (κ1) is 20.5. The third kappa shape index (κ3) is 4.03. The van der Waals surface area contributed by atoms with Gasteiger partial charge in [-0.25, -0.2) is 14.2 Å². The second kappa shape index (κ2) is 8.59. The van der Waals surface area contributed by atoms with E-state index in [2.05, 4.69) is 26.7 Å². The second-order valence-electron chi connectivity index (χ2n) is 8.34. The molecule has 164 valence electrons. The summed E-state index contributed by atoms with van der Waals surface area (Å²) in [5.41, 5.74) is 2.83. The molecule has 3 aromatic heterocycles. The molecule has 0 aliphatic carbocycles. The number of nitrogens with zero attached hydrogens (tertiary/aromatic N) is 3.